The third-order valence-electron chi connectivity index (χ3n) is 8.08. The molecule has 2 aliphatic carbocycles. The van der Waals surface area contributed by atoms with Crippen molar-refractivity contribution in [3.63, 3.8) is 0 Å². The van der Waals surface area contributed by atoms with E-state index in [-0.39, 0.29) is 5.75 Å². The van der Waals surface area contributed by atoms with E-state index >= 15 is 0 Å². The van der Waals surface area contributed by atoms with Crippen LogP contribution in [0.4, 0.5) is 13.2 Å². The van der Waals surface area contributed by atoms with Gasteiger partial charge in [-0.25, -0.2) is 4.39 Å². The van der Waals surface area contributed by atoms with E-state index in [2.05, 4.69) is 19.1 Å². The van der Waals surface area contributed by atoms with Gasteiger partial charge in [-0.05, 0) is 93.4 Å². The summed E-state index contributed by atoms with van der Waals surface area (Å²) < 4.78 is 47.1. The summed E-state index contributed by atoms with van der Waals surface area (Å²) in [5.74, 6) is 0.790. The summed E-state index contributed by atoms with van der Waals surface area (Å²) in [6.07, 6.45) is 20.4. The summed E-state index contributed by atoms with van der Waals surface area (Å²) in [4.78, 5) is 0. The third-order valence-corrected chi connectivity index (χ3v) is 8.08. The van der Waals surface area contributed by atoms with Crippen LogP contribution in [-0.2, 0) is 0 Å². The first kappa shape index (κ1) is 27.1. The van der Waals surface area contributed by atoms with Crippen LogP contribution in [0.5, 0.6) is 5.75 Å². The van der Waals surface area contributed by atoms with Crippen LogP contribution in [0.15, 0.2) is 36.4 Å². The Hall–Kier alpha value is -1.45. The smallest absolute Gasteiger partial charge is 0.400 e. The number of unbranched alkanes of at least 4 members (excludes halogenated alkanes) is 6. The molecule has 0 spiro atoms. The number of allylic oxidation sites excluding steroid dienone is 2. The predicted octanol–water partition coefficient (Wildman–Crippen LogP) is 10.1. The zero-order chi connectivity index (χ0) is 24.2. The Morgan fingerprint density at radius 3 is 1.88 bits per heavy atom. The van der Waals surface area contributed by atoms with Gasteiger partial charge in [0.2, 0.25) is 0 Å². The second-order valence-electron chi connectivity index (χ2n) is 10.8. The Kier molecular flexibility index (Phi) is 11.3. The van der Waals surface area contributed by atoms with Gasteiger partial charge < -0.3 is 4.74 Å². The van der Waals surface area contributed by atoms with Gasteiger partial charge in [-0.15, -0.1) is 0 Å². The molecular weight excluding hydrogens is 433 g/mol. The highest BCUT2D eigenvalue weighted by atomic mass is 19.3. The molecule has 0 heterocycles. The van der Waals surface area contributed by atoms with Crippen molar-refractivity contribution in [1.82, 2.24) is 0 Å². The van der Waals surface area contributed by atoms with E-state index < -0.39 is 17.8 Å². The largest absolute Gasteiger partial charge is 0.432 e. The molecule has 0 atom stereocenters. The van der Waals surface area contributed by atoms with Crippen LogP contribution in [-0.4, -0.2) is 6.11 Å². The van der Waals surface area contributed by atoms with Crippen LogP contribution >= 0.6 is 0 Å². The summed E-state index contributed by atoms with van der Waals surface area (Å²) in [6.45, 7) is 2.27. The number of ether oxygens (including phenoxy) is 1. The van der Waals surface area contributed by atoms with Gasteiger partial charge >= 0.3 is 6.11 Å². The quantitative estimate of drug-likeness (QED) is 0.202. The lowest BCUT2D eigenvalue weighted by Crippen LogP contribution is -2.37. The van der Waals surface area contributed by atoms with Gasteiger partial charge in [-0.2, -0.15) is 8.78 Å². The zero-order valence-electron chi connectivity index (χ0n) is 21.1. The standard InChI is InChI=1S/C30H45F3O/c1-2-3-4-5-6-7-8-9-24-10-12-25(13-11-24)14-15-26-16-18-27(19-17-26)30(32,33)34-29-22-20-28(31)21-23-29/h14-15,20-27H,2-13,16-19H2,1H3/b15-14+. The van der Waals surface area contributed by atoms with E-state index in [1.165, 1.54) is 89.2 Å². The lowest BCUT2D eigenvalue weighted by molar-refractivity contribution is -0.223. The van der Waals surface area contributed by atoms with Crippen LogP contribution in [0.2, 0.25) is 0 Å². The van der Waals surface area contributed by atoms with Crippen molar-refractivity contribution < 1.29 is 17.9 Å². The fourth-order valence-electron chi connectivity index (χ4n) is 5.76. The van der Waals surface area contributed by atoms with E-state index in [1.807, 2.05) is 0 Å². The summed E-state index contributed by atoms with van der Waals surface area (Å²) in [5.41, 5.74) is 0. The molecule has 34 heavy (non-hydrogen) atoms. The minimum Gasteiger partial charge on any atom is -0.432 e. The molecule has 0 N–H and O–H groups in total. The number of rotatable bonds is 13. The maximum Gasteiger partial charge on any atom is 0.400 e. The van der Waals surface area contributed by atoms with E-state index in [4.69, 9.17) is 4.74 Å². The number of benzene rings is 1. The first-order valence-corrected chi connectivity index (χ1v) is 14.0. The molecular formula is C30H45F3O. The van der Waals surface area contributed by atoms with Crippen molar-refractivity contribution in [2.45, 2.75) is 116 Å². The molecule has 1 nitrogen and oxygen atoms in total. The summed E-state index contributed by atoms with van der Waals surface area (Å²) in [6, 6.07) is 4.83. The highest BCUT2D eigenvalue weighted by molar-refractivity contribution is 5.22. The Bertz CT molecular complexity index is 698. The highest BCUT2D eigenvalue weighted by Crippen LogP contribution is 2.41. The van der Waals surface area contributed by atoms with Crippen LogP contribution in [0.3, 0.4) is 0 Å². The Labute approximate surface area is 205 Å². The van der Waals surface area contributed by atoms with Gasteiger partial charge in [0.25, 0.3) is 0 Å². The second-order valence-corrected chi connectivity index (χ2v) is 10.8. The highest BCUT2D eigenvalue weighted by Gasteiger charge is 2.43. The van der Waals surface area contributed by atoms with Crippen molar-refractivity contribution in [1.29, 1.82) is 0 Å². The molecule has 0 unspecified atom stereocenters. The van der Waals surface area contributed by atoms with E-state index in [9.17, 15) is 13.2 Å². The molecule has 0 amide bonds. The van der Waals surface area contributed by atoms with Gasteiger partial charge in [0, 0.05) is 0 Å². The number of alkyl halides is 2. The van der Waals surface area contributed by atoms with Crippen molar-refractivity contribution >= 4 is 0 Å². The monoisotopic (exact) mass is 478 g/mol. The molecule has 1 aromatic rings. The van der Waals surface area contributed by atoms with Gasteiger partial charge in [-0.3, -0.25) is 0 Å². The molecule has 0 aromatic heterocycles. The molecule has 2 saturated carbocycles. The minimum atomic E-state index is -3.21. The van der Waals surface area contributed by atoms with Gasteiger partial charge in [-0.1, -0.05) is 70.4 Å². The molecule has 0 bridgehead atoms. The molecule has 2 fully saturated rings. The Balaban J connectivity index is 1.29. The molecule has 0 aliphatic heterocycles. The normalized spacial score (nSPS) is 26.1. The number of halogens is 3. The molecule has 3 rings (SSSR count). The molecule has 1 aromatic carbocycles. The van der Waals surface area contributed by atoms with Crippen LogP contribution < -0.4 is 4.74 Å². The van der Waals surface area contributed by atoms with Crippen LogP contribution in [0.25, 0.3) is 0 Å². The van der Waals surface area contributed by atoms with E-state index in [0.29, 0.717) is 24.7 Å². The molecule has 0 saturated heterocycles. The zero-order valence-corrected chi connectivity index (χ0v) is 21.1. The number of hydrogen-bond acceptors (Lipinski definition) is 1. The van der Waals surface area contributed by atoms with Crippen LogP contribution in [0, 0.1) is 29.5 Å². The molecule has 4 heteroatoms. The second kappa shape index (κ2) is 14.2. The summed E-state index contributed by atoms with van der Waals surface area (Å²) >= 11 is 0. The Morgan fingerprint density at radius 2 is 1.29 bits per heavy atom. The first-order valence-electron chi connectivity index (χ1n) is 14.0. The lowest BCUT2D eigenvalue weighted by Gasteiger charge is -2.32. The SMILES string of the molecule is CCCCCCCCCC1CCC(/C=C/C2CCC(C(F)(F)Oc3ccc(F)cc3)CC2)CC1. The first-order chi connectivity index (χ1) is 16.5. The number of hydrogen-bond donors (Lipinski definition) is 0. The average Bonchev–Trinajstić information content (AvgIpc) is 2.84. The van der Waals surface area contributed by atoms with Crippen molar-refractivity contribution in [3.05, 3.63) is 42.2 Å². The van der Waals surface area contributed by atoms with Gasteiger partial charge in [0.05, 0.1) is 5.92 Å². The van der Waals surface area contributed by atoms with E-state index in [1.54, 1.807) is 0 Å². The Morgan fingerprint density at radius 1 is 0.765 bits per heavy atom. The topological polar surface area (TPSA) is 9.23 Å². The molecule has 0 radical (unpaired) electrons. The van der Waals surface area contributed by atoms with E-state index in [0.717, 1.165) is 30.9 Å². The lowest BCUT2D eigenvalue weighted by atomic mass is 9.77. The third kappa shape index (κ3) is 9.30. The summed E-state index contributed by atoms with van der Waals surface area (Å²) in [7, 11) is 0. The molecule has 192 valence electrons. The fourth-order valence-corrected chi connectivity index (χ4v) is 5.76. The van der Waals surface area contributed by atoms with Crippen molar-refractivity contribution in [2.24, 2.45) is 23.7 Å². The van der Waals surface area contributed by atoms with Crippen molar-refractivity contribution in [3.8, 4) is 5.75 Å². The van der Waals surface area contributed by atoms with Gasteiger partial charge in [0.15, 0.2) is 0 Å². The molecule has 2 aliphatic rings. The average molecular weight is 479 g/mol. The summed E-state index contributed by atoms with van der Waals surface area (Å²) in [5, 5.41) is 0. The van der Waals surface area contributed by atoms with Crippen LogP contribution in [0.1, 0.15) is 110 Å². The van der Waals surface area contributed by atoms with Crippen molar-refractivity contribution in [2.75, 3.05) is 0 Å². The maximum absolute atomic E-state index is 14.6. The minimum absolute atomic E-state index is 0.0241. The predicted molar refractivity (Wildman–Crippen MR) is 135 cm³/mol. The fraction of sp³-hybridized carbons (Fsp3) is 0.733. The maximum atomic E-state index is 14.6. The van der Waals surface area contributed by atoms with Gasteiger partial charge in [0.1, 0.15) is 11.6 Å².